The summed E-state index contributed by atoms with van der Waals surface area (Å²) in [5.74, 6) is 0. The van der Waals surface area contributed by atoms with Crippen LogP contribution in [0.5, 0.6) is 0 Å². The molecule has 1 N–H and O–H groups in total. The molecular weight excluding hydrogens is 324 g/mol. The van der Waals surface area contributed by atoms with Crippen molar-refractivity contribution in [2.75, 3.05) is 19.6 Å². The number of nitrogens with one attached hydrogen (secondary N) is 1. The Bertz CT molecular complexity index is 493. The number of piperazine rings is 1. The quantitative estimate of drug-likeness (QED) is 0.894. The van der Waals surface area contributed by atoms with Crippen LogP contribution in [0.3, 0.4) is 0 Å². The van der Waals surface area contributed by atoms with E-state index in [9.17, 15) is 8.42 Å². The molecule has 0 spiro atoms. The molecule has 1 fully saturated rings. The van der Waals surface area contributed by atoms with E-state index in [1.165, 1.54) is 11.3 Å². The van der Waals surface area contributed by atoms with Gasteiger partial charge in [0, 0.05) is 25.7 Å². The maximum Gasteiger partial charge on any atom is 0.252 e. The molecule has 4 nitrogen and oxygen atoms in total. The van der Waals surface area contributed by atoms with Gasteiger partial charge in [0.15, 0.2) is 0 Å². The number of hydrogen-bond acceptors (Lipinski definition) is 4. The number of sulfonamides is 1. The monoisotopic (exact) mass is 338 g/mol. The van der Waals surface area contributed by atoms with Gasteiger partial charge in [-0.25, -0.2) is 8.42 Å². The van der Waals surface area contributed by atoms with E-state index in [1.54, 1.807) is 10.4 Å². The Morgan fingerprint density at radius 2 is 2.29 bits per heavy atom. The Labute approximate surface area is 114 Å². The maximum atomic E-state index is 12.4. The second-order valence-corrected chi connectivity index (χ2v) is 8.78. The first-order valence-corrected chi connectivity index (χ1v) is 8.45. The molecule has 1 unspecified atom stereocenters. The smallest absolute Gasteiger partial charge is 0.252 e. The van der Waals surface area contributed by atoms with Crippen molar-refractivity contribution in [2.24, 2.45) is 0 Å². The fourth-order valence-electron chi connectivity index (χ4n) is 1.80. The molecule has 1 aliphatic rings. The van der Waals surface area contributed by atoms with Gasteiger partial charge >= 0.3 is 0 Å². The van der Waals surface area contributed by atoms with Crippen molar-refractivity contribution < 1.29 is 8.42 Å². The fourth-order valence-corrected chi connectivity index (χ4v) is 5.71. The lowest BCUT2D eigenvalue weighted by Gasteiger charge is -2.30. The highest BCUT2D eigenvalue weighted by molar-refractivity contribution is 9.11. The van der Waals surface area contributed by atoms with Gasteiger partial charge in [0.05, 0.1) is 3.79 Å². The Hall–Kier alpha value is 0.0500. The molecule has 0 aliphatic carbocycles. The van der Waals surface area contributed by atoms with Gasteiger partial charge < -0.3 is 5.32 Å². The van der Waals surface area contributed by atoms with E-state index >= 15 is 0 Å². The van der Waals surface area contributed by atoms with Gasteiger partial charge in [-0.2, -0.15) is 4.31 Å². The molecule has 0 saturated carbocycles. The van der Waals surface area contributed by atoms with E-state index in [-0.39, 0.29) is 6.04 Å². The maximum absolute atomic E-state index is 12.4. The summed E-state index contributed by atoms with van der Waals surface area (Å²) in [6.45, 7) is 5.70. The molecule has 0 aromatic carbocycles. The summed E-state index contributed by atoms with van der Waals surface area (Å²) < 4.78 is 27.6. The predicted octanol–water partition coefficient (Wildman–Crippen LogP) is 1.80. The van der Waals surface area contributed by atoms with Gasteiger partial charge in [0.25, 0.3) is 10.0 Å². The zero-order chi connectivity index (χ0) is 12.6. The van der Waals surface area contributed by atoms with Crippen LogP contribution in [-0.2, 0) is 10.0 Å². The normalized spacial score (nSPS) is 22.9. The number of hydrogen-bond donors (Lipinski definition) is 1. The third kappa shape index (κ3) is 2.73. The van der Waals surface area contributed by atoms with E-state index in [2.05, 4.69) is 21.2 Å². The van der Waals surface area contributed by atoms with Crippen molar-refractivity contribution in [1.82, 2.24) is 9.62 Å². The topological polar surface area (TPSA) is 49.4 Å². The van der Waals surface area contributed by atoms with Crippen molar-refractivity contribution in [3.63, 3.8) is 0 Å². The van der Waals surface area contributed by atoms with Crippen LogP contribution < -0.4 is 5.32 Å². The summed E-state index contributed by atoms with van der Waals surface area (Å²) in [5, 5.41) is 3.24. The molecule has 0 bridgehead atoms. The van der Waals surface area contributed by atoms with Crippen LogP contribution in [0.15, 0.2) is 14.1 Å². The van der Waals surface area contributed by atoms with Crippen LogP contribution in [0.2, 0.25) is 0 Å². The molecule has 1 atom stereocenters. The van der Waals surface area contributed by atoms with Crippen molar-refractivity contribution in [1.29, 1.82) is 0 Å². The van der Waals surface area contributed by atoms with E-state index < -0.39 is 10.0 Å². The first kappa shape index (κ1) is 13.5. The molecule has 1 saturated heterocycles. The highest BCUT2D eigenvalue weighted by Crippen LogP contribution is 2.32. The standard InChI is InChI=1S/C10H15BrN2O2S2/c1-7-5-9(16-10(7)11)17(14,15)13-4-3-12-8(2)6-13/h5,8,12H,3-4,6H2,1-2H3. The number of rotatable bonds is 2. The summed E-state index contributed by atoms with van der Waals surface area (Å²) in [5.41, 5.74) is 0.969. The Morgan fingerprint density at radius 3 is 2.82 bits per heavy atom. The van der Waals surface area contributed by atoms with Gasteiger partial charge in [0.2, 0.25) is 0 Å². The first-order chi connectivity index (χ1) is 7.91. The Morgan fingerprint density at radius 1 is 1.59 bits per heavy atom. The lowest BCUT2D eigenvalue weighted by atomic mass is 10.3. The number of thiophene rings is 1. The SMILES string of the molecule is Cc1cc(S(=O)(=O)N2CCNC(C)C2)sc1Br. The lowest BCUT2D eigenvalue weighted by Crippen LogP contribution is -2.51. The zero-order valence-corrected chi connectivity index (χ0v) is 13.0. The van der Waals surface area contributed by atoms with Crippen LogP contribution in [-0.4, -0.2) is 38.4 Å². The molecule has 2 heterocycles. The molecule has 7 heteroatoms. The third-order valence-corrected chi connectivity index (χ3v) is 7.21. The lowest BCUT2D eigenvalue weighted by molar-refractivity contribution is 0.311. The minimum absolute atomic E-state index is 0.211. The van der Waals surface area contributed by atoms with Gasteiger partial charge in [-0.1, -0.05) is 0 Å². The highest BCUT2D eigenvalue weighted by atomic mass is 79.9. The Balaban J connectivity index is 2.29. The third-order valence-electron chi connectivity index (χ3n) is 2.76. The van der Waals surface area contributed by atoms with Crippen molar-refractivity contribution in [3.8, 4) is 0 Å². The van der Waals surface area contributed by atoms with E-state index in [1.807, 2.05) is 13.8 Å². The minimum Gasteiger partial charge on any atom is -0.312 e. The molecular formula is C10H15BrN2O2S2. The predicted molar refractivity (Wildman–Crippen MR) is 73.0 cm³/mol. The molecule has 0 amide bonds. The Kier molecular flexibility index (Phi) is 3.94. The van der Waals surface area contributed by atoms with E-state index in [0.717, 1.165) is 9.35 Å². The molecule has 17 heavy (non-hydrogen) atoms. The number of aryl methyl sites for hydroxylation is 1. The summed E-state index contributed by atoms with van der Waals surface area (Å²) in [6.07, 6.45) is 0. The molecule has 1 aromatic rings. The first-order valence-electron chi connectivity index (χ1n) is 5.40. The van der Waals surface area contributed by atoms with E-state index in [0.29, 0.717) is 23.8 Å². The highest BCUT2D eigenvalue weighted by Gasteiger charge is 2.30. The van der Waals surface area contributed by atoms with Gasteiger partial charge in [-0.15, -0.1) is 11.3 Å². The number of halogens is 1. The number of nitrogens with zero attached hydrogens (tertiary/aromatic N) is 1. The molecule has 1 aromatic heterocycles. The summed E-state index contributed by atoms with van der Waals surface area (Å²) in [7, 11) is -3.31. The summed E-state index contributed by atoms with van der Waals surface area (Å²) in [6, 6.07) is 1.94. The average Bonchev–Trinajstić information content (AvgIpc) is 2.60. The molecule has 0 radical (unpaired) electrons. The summed E-state index contributed by atoms with van der Waals surface area (Å²) in [4.78, 5) is 0. The van der Waals surface area contributed by atoms with Crippen LogP contribution in [0.25, 0.3) is 0 Å². The fraction of sp³-hybridized carbons (Fsp3) is 0.600. The molecule has 96 valence electrons. The van der Waals surface area contributed by atoms with Crippen molar-refractivity contribution in [3.05, 3.63) is 15.4 Å². The van der Waals surface area contributed by atoms with Crippen LogP contribution in [0.4, 0.5) is 0 Å². The van der Waals surface area contributed by atoms with Crippen LogP contribution in [0.1, 0.15) is 12.5 Å². The van der Waals surface area contributed by atoms with E-state index in [4.69, 9.17) is 0 Å². The van der Waals surface area contributed by atoms with Crippen molar-refractivity contribution >= 4 is 37.3 Å². The average molecular weight is 339 g/mol. The van der Waals surface area contributed by atoms with Crippen molar-refractivity contribution in [2.45, 2.75) is 24.1 Å². The zero-order valence-electron chi connectivity index (χ0n) is 9.73. The van der Waals surface area contributed by atoms with Gasteiger partial charge in [-0.05, 0) is 41.4 Å². The second-order valence-electron chi connectivity index (χ2n) is 4.24. The largest absolute Gasteiger partial charge is 0.312 e. The van der Waals surface area contributed by atoms with Crippen LogP contribution in [0, 0.1) is 6.92 Å². The van der Waals surface area contributed by atoms with Gasteiger partial charge in [0.1, 0.15) is 4.21 Å². The molecule has 2 rings (SSSR count). The minimum atomic E-state index is -3.31. The second kappa shape index (κ2) is 4.97. The van der Waals surface area contributed by atoms with Gasteiger partial charge in [-0.3, -0.25) is 0 Å². The molecule has 1 aliphatic heterocycles. The summed E-state index contributed by atoms with van der Waals surface area (Å²) >= 11 is 4.65. The van der Waals surface area contributed by atoms with Crippen LogP contribution >= 0.6 is 27.3 Å².